The van der Waals surface area contributed by atoms with Gasteiger partial charge in [-0.3, -0.25) is 4.79 Å². The van der Waals surface area contributed by atoms with E-state index in [4.69, 9.17) is 18.9 Å². The van der Waals surface area contributed by atoms with Crippen molar-refractivity contribution in [2.24, 2.45) is 5.92 Å². The van der Waals surface area contributed by atoms with Crippen LogP contribution >= 0.6 is 0 Å². The van der Waals surface area contributed by atoms with Crippen LogP contribution in [0.3, 0.4) is 0 Å². The van der Waals surface area contributed by atoms with Crippen molar-refractivity contribution in [3.63, 3.8) is 0 Å². The summed E-state index contributed by atoms with van der Waals surface area (Å²) in [4.78, 5) is 13.8. The number of nitrogens with zero attached hydrogens (tertiary/aromatic N) is 1. The van der Waals surface area contributed by atoms with E-state index in [2.05, 4.69) is 11.4 Å². The monoisotopic (exact) mass is 558 g/mol. The maximum absolute atomic E-state index is 13.8. The van der Waals surface area contributed by atoms with Gasteiger partial charge in [0.05, 0.1) is 42.6 Å². The number of nitrogens with one attached hydrogen (secondary N) is 1. The highest BCUT2D eigenvalue weighted by molar-refractivity contribution is 5.85. The quantitative estimate of drug-likeness (QED) is 0.452. The second kappa shape index (κ2) is 11.1. The zero-order valence-corrected chi connectivity index (χ0v) is 22.5. The van der Waals surface area contributed by atoms with Crippen LogP contribution in [0.15, 0.2) is 48.5 Å². The van der Waals surface area contributed by atoms with Crippen LogP contribution in [0.2, 0.25) is 0 Å². The second-order valence-corrected chi connectivity index (χ2v) is 11.3. The summed E-state index contributed by atoms with van der Waals surface area (Å²) >= 11 is 0. The van der Waals surface area contributed by atoms with E-state index >= 15 is 0 Å². The Morgan fingerprint density at radius 2 is 1.88 bits per heavy atom. The van der Waals surface area contributed by atoms with Gasteiger partial charge in [0.15, 0.2) is 11.4 Å². The largest absolute Gasteiger partial charge is 0.416 e. The molecule has 0 bridgehead atoms. The molecule has 0 spiro atoms. The van der Waals surface area contributed by atoms with Crippen molar-refractivity contribution < 1.29 is 36.9 Å². The molecule has 3 fully saturated rings. The van der Waals surface area contributed by atoms with Crippen LogP contribution in [0.25, 0.3) is 0 Å². The first-order valence-corrected chi connectivity index (χ1v) is 13.5. The molecule has 4 atom stereocenters. The summed E-state index contributed by atoms with van der Waals surface area (Å²) in [6.45, 7) is 3.98. The number of halogens is 3. The molecule has 3 aliphatic rings. The van der Waals surface area contributed by atoms with Gasteiger partial charge in [-0.1, -0.05) is 30.3 Å². The molecule has 10 heteroatoms. The molecule has 1 N–H and O–H groups in total. The third-order valence-corrected chi connectivity index (χ3v) is 7.67. The lowest BCUT2D eigenvalue weighted by Gasteiger charge is -2.43. The Morgan fingerprint density at radius 3 is 2.60 bits per heavy atom. The lowest BCUT2D eigenvalue weighted by Crippen LogP contribution is -2.60. The number of amides is 1. The number of hydrogen-bond donors (Lipinski definition) is 1. The van der Waals surface area contributed by atoms with Gasteiger partial charge in [0, 0.05) is 19.4 Å². The summed E-state index contributed by atoms with van der Waals surface area (Å²) in [6.07, 6.45) is -3.83. The minimum absolute atomic E-state index is 0.0164. The zero-order valence-electron chi connectivity index (χ0n) is 22.5. The van der Waals surface area contributed by atoms with E-state index in [1.165, 1.54) is 6.07 Å². The SMILES string of the molecule is CC1(C)O[C@H]2[C@H](OCc3cccc(C(F)(F)F)c3)C[C@](OCc3ccccc3C#N)(C(=O)NCC3CC3)C[C@H]2O1. The standard InChI is InChI=1S/C30H33F3N2O5/c1-28(2)39-25-14-29(27(36)35-16-19-10-11-19,38-18-22-8-4-3-7-21(22)15-34)13-24(26(25)40-28)37-17-20-6-5-9-23(12-20)30(31,32)33/h3-9,12,19,24-26H,10-11,13-14,16-18H2,1-2H3,(H,35,36)/t24-,25-,26+,29-/m1/s1. The number of fused-ring (bicyclic) bond motifs is 1. The molecule has 5 rings (SSSR count). The fraction of sp³-hybridized carbons (Fsp3) is 0.533. The Morgan fingerprint density at radius 1 is 1.10 bits per heavy atom. The Labute approximate surface area is 231 Å². The van der Waals surface area contributed by atoms with Crippen LogP contribution in [-0.2, 0) is 43.1 Å². The topological polar surface area (TPSA) is 89.8 Å². The highest BCUT2D eigenvalue weighted by atomic mass is 19.4. The number of nitriles is 1. The van der Waals surface area contributed by atoms with Gasteiger partial charge < -0.3 is 24.3 Å². The smallest absolute Gasteiger partial charge is 0.371 e. The second-order valence-electron chi connectivity index (χ2n) is 11.3. The summed E-state index contributed by atoms with van der Waals surface area (Å²) in [5.74, 6) is -0.802. The Hall–Kier alpha value is -2.97. The van der Waals surface area contributed by atoms with E-state index in [1.807, 2.05) is 0 Å². The summed E-state index contributed by atoms with van der Waals surface area (Å²) in [6, 6.07) is 14.2. The molecule has 214 valence electrons. The summed E-state index contributed by atoms with van der Waals surface area (Å²) in [5.41, 5.74) is -0.677. The molecule has 1 aliphatic heterocycles. The molecular weight excluding hydrogens is 525 g/mol. The number of ether oxygens (including phenoxy) is 4. The van der Waals surface area contributed by atoms with Crippen LogP contribution in [-0.4, -0.2) is 42.2 Å². The normalized spacial score (nSPS) is 27.6. The zero-order chi connectivity index (χ0) is 28.5. The molecule has 2 aliphatic carbocycles. The fourth-order valence-corrected chi connectivity index (χ4v) is 5.44. The molecule has 1 heterocycles. The molecule has 2 aromatic rings. The van der Waals surface area contributed by atoms with Gasteiger partial charge >= 0.3 is 6.18 Å². The fourth-order valence-electron chi connectivity index (χ4n) is 5.44. The van der Waals surface area contributed by atoms with Crippen LogP contribution in [0.5, 0.6) is 0 Å². The minimum atomic E-state index is -4.47. The van der Waals surface area contributed by atoms with Crippen molar-refractivity contribution in [2.75, 3.05) is 6.54 Å². The number of rotatable bonds is 9. The molecule has 0 radical (unpaired) electrons. The van der Waals surface area contributed by atoms with E-state index in [0.717, 1.165) is 25.0 Å². The predicted molar refractivity (Wildman–Crippen MR) is 137 cm³/mol. The lowest BCUT2D eigenvalue weighted by atomic mass is 9.78. The van der Waals surface area contributed by atoms with Gasteiger partial charge in [0.1, 0.15) is 6.10 Å². The lowest BCUT2D eigenvalue weighted by molar-refractivity contribution is -0.183. The first kappa shape index (κ1) is 28.6. The maximum Gasteiger partial charge on any atom is 0.416 e. The number of carbonyl (C=O) groups is 1. The van der Waals surface area contributed by atoms with Crippen molar-refractivity contribution >= 4 is 5.91 Å². The van der Waals surface area contributed by atoms with Gasteiger partial charge in [-0.25, -0.2) is 0 Å². The minimum Gasteiger partial charge on any atom is -0.371 e. The van der Waals surface area contributed by atoms with Crippen molar-refractivity contribution in [1.29, 1.82) is 5.26 Å². The van der Waals surface area contributed by atoms with E-state index in [-0.39, 0.29) is 32.0 Å². The van der Waals surface area contributed by atoms with Gasteiger partial charge in [-0.2, -0.15) is 18.4 Å². The Bertz CT molecular complexity index is 1270. The average Bonchev–Trinajstić information content (AvgIpc) is 3.69. The first-order chi connectivity index (χ1) is 19.0. The van der Waals surface area contributed by atoms with Crippen molar-refractivity contribution in [2.45, 2.75) is 88.6 Å². The Balaban J connectivity index is 1.41. The molecule has 7 nitrogen and oxygen atoms in total. The predicted octanol–water partition coefficient (Wildman–Crippen LogP) is 5.26. The number of alkyl halides is 3. The molecule has 2 aromatic carbocycles. The van der Waals surface area contributed by atoms with Crippen molar-refractivity contribution in [3.05, 3.63) is 70.8 Å². The van der Waals surface area contributed by atoms with Gasteiger partial charge in [-0.15, -0.1) is 0 Å². The first-order valence-electron chi connectivity index (χ1n) is 13.5. The molecule has 1 saturated heterocycles. The molecule has 2 saturated carbocycles. The number of benzene rings is 2. The van der Waals surface area contributed by atoms with Crippen molar-refractivity contribution in [3.8, 4) is 6.07 Å². The van der Waals surface area contributed by atoms with Crippen LogP contribution in [0.1, 0.15) is 61.8 Å². The molecular formula is C30H33F3N2O5. The average molecular weight is 559 g/mol. The number of hydrogen-bond acceptors (Lipinski definition) is 6. The molecule has 40 heavy (non-hydrogen) atoms. The van der Waals surface area contributed by atoms with Crippen LogP contribution in [0.4, 0.5) is 13.2 Å². The molecule has 0 unspecified atom stereocenters. The third kappa shape index (κ3) is 6.50. The highest BCUT2D eigenvalue weighted by Gasteiger charge is 2.58. The molecule has 0 aromatic heterocycles. The summed E-state index contributed by atoms with van der Waals surface area (Å²) < 4.78 is 64.7. The van der Waals surface area contributed by atoms with Gasteiger partial charge in [0.2, 0.25) is 0 Å². The van der Waals surface area contributed by atoms with Gasteiger partial charge in [-0.05, 0) is 61.9 Å². The van der Waals surface area contributed by atoms with E-state index in [1.54, 1.807) is 44.2 Å². The van der Waals surface area contributed by atoms with Crippen LogP contribution < -0.4 is 5.32 Å². The van der Waals surface area contributed by atoms with E-state index < -0.39 is 41.4 Å². The van der Waals surface area contributed by atoms with Gasteiger partial charge in [0.25, 0.3) is 5.91 Å². The van der Waals surface area contributed by atoms with Crippen molar-refractivity contribution in [1.82, 2.24) is 5.32 Å². The Kier molecular flexibility index (Phi) is 7.94. The third-order valence-electron chi connectivity index (χ3n) is 7.67. The highest BCUT2D eigenvalue weighted by Crippen LogP contribution is 2.44. The maximum atomic E-state index is 13.8. The van der Waals surface area contributed by atoms with E-state index in [9.17, 15) is 23.2 Å². The summed E-state index contributed by atoms with van der Waals surface area (Å²) in [7, 11) is 0. The molecule has 1 amide bonds. The summed E-state index contributed by atoms with van der Waals surface area (Å²) in [5, 5.41) is 12.6. The van der Waals surface area contributed by atoms with Crippen LogP contribution in [0, 0.1) is 17.2 Å². The number of carbonyl (C=O) groups excluding carboxylic acids is 1. The van der Waals surface area contributed by atoms with E-state index in [0.29, 0.717) is 29.2 Å².